The zero-order valence-corrected chi connectivity index (χ0v) is 20.8. The fourth-order valence-electron chi connectivity index (χ4n) is 4.75. The Morgan fingerprint density at radius 3 is 2.47 bits per heavy atom. The summed E-state index contributed by atoms with van der Waals surface area (Å²) in [7, 11) is 1.90. The molecule has 0 spiro atoms. The molecule has 0 bridgehead atoms. The highest BCUT2D eigenvalue weighted by Crippen LogP contribution is 2.33. The minimum absolute atomic E-state index is 0.00494. The standard InChI is InChI=1S/C28H25FN8O/c1-35-17-21(14-34-35)20-10-24(25-16-30-18-33-26(25)11-20)19-2-5-27(32-13-19)36-6-8-37(9-7-36)28(38)12-23-4-3-22(29)15-31-23/h2-5,10-11,13-18H,6-9,12H2,1H3. The molecule has 6 rings (SSSR count). The van der Waals surface area contributed by atoms with Crippen LogP contribution in [0.2, 0.25) is 0 Å². The van der Waals surface area contributed by atoms with Crippen LogP contribution in [0.15, 0.2) is 73.7 Å². The second-order valence-electron chi connectivity index (χ2n) is 9.30. The molecule has 0 atom stereocenters. The number of rotatable bonds is 5. The molecule has 4 aromatic heterocycles. The van der Waals surface area contributed by atoms with Gasteiger partial charge in [0, 0.05) is 74.0 Å². The van der Waals surface area contributed by atoms with E-state index >= 15 is 0 Å². The maximum Gasteiger partial charge on any atom is 0.228 e. The second-order valence-corrected chi connectivity index (χ2v) is 9.30. The van der Waals surface area contributed by atoms with Crippen molar-refractivity contribution in [2.24, 2.45) is 7.05 Å². The van der Waals surface area contributed by atoms with Gasteiger partial charge in [0.05, 0.1) is 24.3 Å². The van der Waals surface area contributed by atoms with Crippen LogP contribution in [-0.4, -0.2) is 66.7 Å². The number of anilines is 1. The van der Waals surface area contributed by atoms with E-state index in [2.05, 4.69) is 37.1 Å². The van der Waals surface area contributed by atoms with E-state index in [1.807, 2.05) is 48.9 Å². The van der Waals surface area contributed by atoms with E-state index in [9.17, 15) is 9.18 Å². The third-order valence-corrected chi connectivity index (χ3v) is 6.80. The molecule has 0 unspecified atom stereocenters. The number of aryl methyl sites for hydroxylation is 1. The summed E-state index contributed by atoms with van der Waals surface area (Å²) in [5.74, 6) is 0.454. The topological polar surface area (TPSA) is 92.9 Å². The molecular weight excluding hydrogens is 483 g/mol. The first-order valence-electron chi connectivity index (χ1n) is 12.4. The van der Waals surface area contributed by atoms with Gasteiger partial charge in [-0.1, -0.05) is 0 Å². The van der Waals surface area contributed by atoms with Gasteiger partial charge in [-0.15, -0.1) is 0 Å². The fourth-order valence-corrected chi connectivity index (χ4v) is 4.75. The predicted octanol–water partition coefficient (Wildman–Crippen LogP) is 3.52. The number of piperazine rings is 1. The molecule has 10 heteroatoms. The Morgan fingerprint density at radius 2 is 1.76 bits per heavy atom. The van der Waals surface area contributed by atoms with Gasteiger partial charge in [0.25, 0.3) is 0 Å². The van der Waals surface area contributed by atoms with Crippen LogP contribution in [-0.2, 0) is 18.3 Å². The molecule has 5 heterocycles. The molecule has 1 aromatic carbocycles. The predicted molar refractivity (Wildman–Crippen MR) is 142 cm³/mol. The van der Waals surface area contributed by atoms with Gasteiger partial charge in [0.15, 0.2) is 0 Å². The maximum atomic E-state index is 13.1. The SMILES string of the molecule is Cn1cc(-c2cc(-c3ccc(N4CCN(C(=O)Cc5ccc(F)cn5)CC4)nc3)c3cncnc3c2)cn1. The molecule has 5 aromatic rings. The largest absolute Gasteiger partial charge is 0.353 e. The van der Waals surface area contributed by atoms with Gasteiger partial charge < -0.3 is 9.80 Å². The Kier molecular flexibility index (Phi) is 6.20. The van der Waals surface area contributed by atoms with E-state index in [1.54, 1.807) is 17.1 Å². The van der Waals surface area contributed by atoms with Crippen molar-refractivity contribution in [2.75, 3.05) is 31.1 Å². The second kappa shape index (κ2) is 9.97. The normalized spacial score (nSPS) is 13.7. The van der Waals surface area contributed by atoms with Crippen molar-refractivity contribution in [1.29, 1.82) is 0 Å². The monoisotopic (exact) mass is 508 g/mol. The number of benzene rings is 1. The maximum absolute atomic E-state index is 13.1. The lowest BCUT2D eigenvalue weighted by Gasteiger charge is -2.35. The van der Waals surface area contributed by atoms with Crippen LogP contribution < -0.4 is 4.90 Å². The summed E-state index contributed by atoms with van der Waals surface area (Å²) in [4.78, 5) is 34.2. The van der Waals surface area contributed by atoms with E-state index in [-0.39, 0.29) is 12.3 Å². The van der Waals surface area contributed by atoms with Crippen LogP contribution in [0.3, 0.4) is 0 Å². The molecule has 0 aliphatic carbocycles. The van der Waals surface area contributed by atoms with E-state index in [0.717, 1.165) is 45.2 Å². The minimum atomic E-state index is -0.406. The lowest BCUT2D eigenvalue weighted by atomic mass is 9.97. The fraction of sp³-hybridized carbons (Fsp3) is 0.214. The molecule has 0 N–H and O–H groups in total. The van der Waals surface area contributed by atoms with Crippen molar-refractivity contribution in [3.63, 3.8) is 0 Å². The van der Waals surface area contributed by atoms with E-state index in [4.69, 9.17) is 4.98 Å². The lowest BCUT2D eigenvalue weighted by Crippen LogP contribution is -2.49. The van der Waals surface area contributed by atoms with Crippen LogP contribution in [0.4, 0.5) is 10.2 Å². The van der Waals surface area contributed by atoms with Crippen LogP contribution >= 0.6 is 0 Å². The quantitative estimate of drug-likeness (QED) is 0.359. The average molecular weight is 509 g/mol. The molecule has 1 saturated heterocycles. The molecule has 1 amide bonds. The van der Waals surface area contributed by atoms with E-state index in [1.165, 1.54) is 6.07 Å². The van der Waals surface area contributed by atoms with Crippen LogP contribution in [0, 0.1) is 5.82 Å². The van der Waals surface area contributed by atoms with Crippen molar-refractivity contribution >= 4 is 22.6 Å². The summed E-state index contributed by atoms with van der Waals surface area (Å²) in [6.07, 6.45) is 10.4. The minimum Gasteiger partial charge on any atom is -0.353 e. The van der Waals surface area contributed by atoms with Crippen LogP contribution in [0.25, 0.3) is 33.2 Å². The molecule has 9 nitrogen and oxygen atoms in total. The number of pyridine rings is 2. The number of amides is 1. The molecule has 1 fully saturated rings. The van der Waals surface area contributed by atoms with Crippen molar-refractivity contribution < 1.29 is 9.18 Å². The number of halogens is 1. The number of nitrogens with zero attached hydrogens (tertiary/aromatic N) is 8. The van der Waals surface area contributed by atoms with Gasteiger partial charge in [0.1, 0.15) is 18.0 Å². The summed E-state index contributed by atoms with van der Waals surface area (Å²) < 4.78 is 14.9. The molecular formula is C28H25FN8O. The Hall–Kier alpha value is -4.73. The molecule has 0 radical (unpaired) electrons. The van der Waals surface area contributed by atoms with Crippen LogP contribution in [0.5, 0.6) is 0 Å². The summed E-state index contributed by atoms with van der Waals surface area (Å²) in [6.45, 7) is 2.56. The van der Waals surface area contributed by atoms with Gasteiger partial charge >= 0.3 is 0 Å². The zero-order chi connectivity index (χ0) is 26.1. The number of aromatic nitrogens is 6. The van der Waals surface area contributed by atoms with Gasteiger partial charge in [-0.3, -0.25) is 14.5 Å². The van der Waals surface area contributed by atoms with E-state index in [0.29, 0.717) is 31.9 Å². The zero-order valence-electron chi connectivity index (χ0n) is 20.8. The van der Waals surface area contributed by atoms with E-state index < -0.39 is 5.82 Å². The highest BCUT2D eigenvalue weighted by Gasteiger charge is 2.22. The number of fused-ring (bicyclic) bond motifs is 1. The molecule has 190 valence electrons. The first kappa shape index (κ1) is 23.7. The van der Waals surface area contributed by atoms with Gasteiger partial charge in [-0.2, -0.15) is 5.10 Å². The van der Waals surface area contributed by atoms with Crippen molar-refractivity contribution in [1.82, 2.24) is 34.6 Å². The number of carbonyl (C=O) groups is 1. The Morgan fingerprint density at radius 1 is 0.895 bits per heavy atom. The van der Waals surface area contributed by atoms with Gasteiger partial charge in [-0.25, -0.2) is 19.3 Å². The first-order valence-corrected chi connectivity index (χ1v) is 12.4. The average Bonchev–Trinajstić information content (AvgIpc) is 3.40. The Balaban J connectivity index is 1.18. The third-order valence-electron chi connectivity index (χ3n) is 6.80. The number of hydrogen-bond donors (Lipinski definition) is 0. The highest BCUT2D eigenvalue weighted by molar-refractivity contribution is 5.97. The van der Waals surface area contributed by atoms with Gasteiger partial charge in [0.2, 0.25) is 5.91 Å². The Labute approximate surface area is 218 Å². The van der Waals surface area contributed by atoms with Crippen LogP contribution in [0.1, 0.15) is 5.69 Å². The third kappa shape index (κ3) is 4.80. The van der Waals surface area contributed by atoms with Crippen molar-refractivity contribution in [2.45, 2.75) is 6.42 Å². The lowest BCUT2D eigenvalue weighted by molar-refractivity contribution is -0.130. The highest BCUT2D eigenvalue weighted by atomic mass is 19.1. The summed E-state index contributed by atoms with van der Waals surface area (Å²) in [5.41, 5.74) is 5.45. The molecule has 1 aliphatic rings. The first-order chi connectivity index (χ1) is 18.5. The Bertz CT molecular complexity index is 1590. The number of hydrogen-bond acceptors (Lipinski definition) is 7. The summed E-state index contributed by atoms with van der Waals surface area (Å²) in [5, 5.41) is 5.26. The van der Waals surface area contributed by atoms with Crippen molar-refractivity contribution in [3.8, 4) is 22.3 Å². The molecule has 0 saturated carbocycles. The van der Waals surface area contributed by atoms with Gasteiger partial charge in [-0.05, 0) is 47.5 Å². The summed E-state index contributed by atoms with van der Waals surface area (Å²) >= 11 is 0. The molecule has 38 heavy (non-hydrogen) atoms. The summed E-state index contributed by atoms with van der Waals surface area (Å²) in [6, 6.07) is 11.1. The smallest absolute Gasteiger partial charge is 0.228 e. The van der Waals surface area contributed by atoms with Crippen molar-refractivity contribution in [3.05, 3.63) is 85.2 Å². The molecule has 1 aliphatic heterocycles. The number of carbonyl (C=O) groups excluding carboxylic acids is 1.